The van der Waals surface area contributed by atoms with Crippen LogP contribution in [-0.4, -0.2) is 29.6 Å². The fourth-order valence-corrected chi connectivity index (χ4v) is 3.22. The van der Waals surface area contributed by atoms with E-state index in [2.05, 4.69) is 39.8 Å². The minimum absolute atomic E-state index is 0.173. The molecule has 0 saturated carbocycles. The monoisotopic (exact) mass is 361 g/mol. The van der Waals surface area contributed by atoms with Gasteiger partial charge < -0.3 is 10.6 Å². The van der Waals surface area contributed by atoms with Crippen LogP contribution in [0, 0.1) is 11.6 Å². The number of halogens is 2. The molecule has 0 aliphatic carbocycles. The van der Waals surface area contributed by atoms with E-state index in [0.717, 1.165) is 38.5 Å². The van der Waals surface area contributed by atoms with Crippen molar-refractivity contribution in [3.63, 3.8) is 0 Å². The summed E-state index contributed by atoms with van der Waals surface area (Å²) in [5.74, 6) is -1.26. The van der Waals surface area contributed by atoms with E-state index < -0.39 is 11.6 Å². The highest BCUT2D eigenvalue weighted by atomic mass is 32.1. The molecule has 0 bridgehead atoms. The first kappa shape index (κ1) is 17.8. The van der Waals surface area contributed by atoms with E-state index in [0.29, 0.717) is 11.7 Å². The number of fused-ring (bicyclic) bond motifs is 1. The van der Waals surface area contributed by atoms with Crippen molar-refractivity contribution in [1.82, 2.24) is 10.2 Å². The minimum atomic E-state index is -0.656. The first-order valence-corrected chi connectivity index (χ1v) is 8.82. The minimum Gasteiger partial charge on any atom is -0.362 e. The molecule has 0 aromatic heterocycles. The van der Waals surface area contributed by atoms with E-state index in [-0.39, 0.29) is 5.69 Å². The molecule has 0 atom stereocenters. The summed E-state index contributed by atoms with van der Waals surface area (Å²) in [5, 5.41) is 6.16. The Morgan fingerprint density at radius 3 is 2.72 bits per heavy atom. The third-order valence-electron chi connectivity index (χ3n) is 4.33. The number of hydrogen-bond acceptors (Lipinski definition) is 2. The third kappa shape index (κ3) is 4.96. The zero-order chi connectivity index (χ0) is 17.6. The Hall–Kier alpha value is -2.05. The smallest absolute Gasteiger partial charge is 0.170 e. The molecule has 6 heteroatoms. The van der Waals surface area contributed by atoms with Gasteiger partial charge in [0.2, 0.25) is 0 Å². The Balaban J connectivity index is 1.38. The summed E-state index contributed by atoms with van der Waals surface area (Å²) in [6, 6.07) is 11.9. The topological polar surface area (TPSA) is 27.3 Å². The van der Waals surface area contributed by atoms with Crippen molar-refractivity contribution in [1.29, 1.82) is 0 Å². The van der Waals surface area contributed by atoms with Gasteiger partial charge in [-0.1, -0.05) is 24.3 Å². The second-order valence-corrected chi connectivity index (χ2v) is 6.56. The lowest BCUT2D eigenvalue weighted by Gasteiger charge is -2.28. The zero-order valence-electron chi connectivity index (χ0n) is 13.9. The molecule has 0 fully saturated rings. The molecule has 0 spiro atoms. The first-order chi connectivity index (χ1) is 12.1. The maximum absolute atomic E-state index is 13.6. The molecule has 0 saturated heterocycles. The predicted molar refractivity (Wildman–Crippen MR) is 101 cm³/mol. The molecule has 2 aromatic carbocycles. The average Bonchev–Trinajstić information content (AvgIpc) is 2.61. The Labute approximate surface area is 152 Å². The Morgan fingerprint density at radius 2 is 1.92 bits per heavy atom. The fraction of sp³-hybridized carbons (Fsp3) is 0.316. The van der Waals surface area contributed by atoms with Crippen molar-refractivity contribution in [3.8, 4) is 0 Å². The molecular weight excluding hydrogens is 340 g/mol. The van der Waals surface area contributed by atoms with E-state index in [9.17, 15) is 8.78 Å². The molecule has 132 valence electrons. The summed E-state index contributed by atoms with van der Waals surface area (Å²) in [6.45, 7) is 3.74. The van der Waals surface area contributed by atoms with E-state index in [1.54, 1.807) is 0 Å². The van der Waals surface area contributed by atoms with E-state index in [4.69, 9.17) is 12.2 Å². The molecule has 2 aromatic rings. The van der Waals surface area contributed by atoms with Gasteiger partial charge in [0.25, 0.3) is 0 Å². The number of nitrogens with zero attached hydrogens (tertiary/aromatic N) is 1. The van der Waals surface area contributed by atoms with Crippen molar-refractivity contribution >= 4 is 23.0 Å². The van der Waals surface area contributed by atoms with Crippen LogP contribution in [0.15, 0.2) is 42.5 Å². The van der Waals surface area contributed by atoms with Crippen LogP contribution in [0.1, 0.15) is 17.5 Å². The molecular formula is C19H21F2N3S. The van der Waals surface area contributed by atoms with Crippen molar-refractivity contribution in [3.05, 3.63) is 65.2 Å². The van der Waals surface area contributed by atoms with Crippen molar-refractivity contribution in [2.75, 3.05) is 25.0 Å². The normalized spacial score (nSPS) is 14.0. The van der Waals surface area contributed by atoms with Gasteiger partial charge in [-0.05, 0) is 48.3 Å². The molecule has 2 N–H and O–H groups in total. The van der Waals surface area contributed by atoms with Crippen LogP contribution in [-0.2, 0) is 13.0 Å². The summed E-state index contributed by atoms with van der Waals surface area (Å²) in [4.78, 5) is 2.43. The van der Waals surface area contributed by atoms with Crippen molar-refractivity contribution < 1.29 is 8.78 Å². The maximum Gasteiger partial charge on any atom is 0.170 e. The number of thiocarbonyl (C=S) groups is 1. The van der Waals surface area contributed by atoms with Gasteiger partial charge in [-0.25, -0.2) is 8.78 Å². The van der Waals surface area contributed by atoms with Gasteiger partial charge in [-0.2, -0.15) is 0 Å². The number of anilines is 1. The Kier molecular flexibility index (Phi) is 5.94. The highest BCUT2D eigenvalue weighted by Crippen LogP contribution is 2.18. The number of nitrogens with one attached hydrogen (secondary N) is 2. The molecule has 3 rings (SSSR count). The second-order valence-electron chi connectivity index (χ2n) is 6.15. The lowest BCUT2D eigenvalue weighted by Crippen LogP contribution is -2.35. The molecule has 3 nitrogen and oxygen atoms in total. The molecule has 25 heavy (non-hydrogen) atoms. The van der Waals surface area contributed by atoms with Gasteiger partial charge in [0.05, 0.1) is 5.69 Å². The van der Waals surface area contributed by atoms with Crippen LogP contribution in [0.4, 0.5) is 14.5 Å². The largest absolute Gasteiger partial charge is 0.362 e. The number of hydrogen-bond donors (Lipinski definition) is 2. The van der Waals surface area contributed by atoms with Crippen molar-refractivity contribution in [2.24, 2.45) is 0 Å². The van der Waals surface area contributed by atoms with Gasteiger partial charge in [-0.3, -0.25) is 4.90 Å². The summed E-state index contributed by atoms with van der Waals surface area (Å²) < 4.78 is 26.4. The standard InChI is InChI=1S/C19H21F2N3S/c20-16-6-7-18(17(21)12-16)23-19(25)22-9-3-10-24-11-8-14-4-1-2-5-15(14)13-24/h1-2,4-7,12H,3,8-11,13H2,(H2,22,23,25). The van der Waals surface area contributed by atoms with E-state index >= 15 is 0 Å². The van der Waals surface area contributed by atoms with Gasteiger partial charge in [0, 0.05) is 32.2 Å². The first-order valence-electron chi connectivity index (χ1n) is 8.41. The number of benzene rings is 2. The van der Waals surface area contributed by atoms with Crippen LogP contribution >= 0.6 is 12.2 Å². The zero-order valence-corrected chi connectivity index (χ0v) is 14.7. The summed E-state index contributed by atoms with van der Waals surface area (Å²) in [6.07, 6.45) is 2.03. The lowest BCUT2D eigenvalue weighted by atomic mass is 10.00. The van der Waals surface area contributed by atoms with Gasteiger partial charge in [0.15, 0.2) is 5.11 Å². The molecule has 1 aliphatic rings. The highest BCUT2D eigenvalue weighted by molar-refractivity contribution is 7.80. The summed E-state index contributed by atoms with van der Waals surface area (Å²) in [5.41, 5.74) is 3.03. The highest BCUT2D eigenvalue weighted by Gasteiger charge is 2.14. The van der Waals surface area contributed by atoms with Crippen LogP contribution < -0.4 is 10.6 Å². The molecule has 1 aliphatic heterocycles. The maximum atomic E-state index is 13.6. The SMILES string of the molecule is Fc1ccc(NC(=S)NCCCN2CCc3ccccc3C2)c(F)c1. The summed E-state index contributed by atoms with van der Waals surface area (Å²) in [7, 11) is 0. The second kappa shape index (κ2) is 8.36. The van der Waals surface area contributed by atoms with E-state index in [1.807, 2.05) is 0 Å². The van der Waals surface area contributed by atoms with Crippen LogP contribution in [0.25, 0.3) is 0 Å². The lowest BCUT2D eigenvalue weighted by molar-refractivity contribution is 0.251. The third-order valence-corrected chi connectivity index (χ3v) is 4.57. The van der Waals surface area contributed by atoms with Crippen molar-refractivity contribution in [2.45, 2.75) is 19.4 Å². The van der Waals surface area contributed by atoms with Crippen LogP contribution in [0.3, 0.4) is 0 Å². The molecule has 0 radical (unpaired) electrons. The molecule has 0 unspecified atom stereocenters. The van der Waals surface area contributed by atoms with Crippen LogP contribution in [0.5, 0.6) is 0 Å². The summed E-state index contributed by atoms with van der Waals surface area (Å²) >= 11 is 5.15. The predicted octanol–water partition coefficient (Wildman–Crippen LogP) is 3.70. The van der Waals surface area contributed by atoms with Gasteiger partial charge in [-0.15, -0.1) is 0 Å². The Morgan fingerprint density at radius 1 is 1.12 bits per heavy atom. The van der Waals surface area contributed by atoms with E-state index in [1.165, 1.54) is 23.3 Å². The average molecular weight is 361 g/mol. The van der Waals surface area contributed by atoms with Crippen LogP contribution in [0.2, 0.25) is 0 Å². The fourth-order valence-electron chi connectivity index (χ4n) is 3.01. The van der Waals surface area contributed by atoms with Gasteiger partial charge >= 0.3 is 0 Å². The Bertz CT molecular complexity index is 751. The quantitative estimate of drug-likeness (QED) is 0.627. The number of rotatable bonds is 5. The molecule has 0 amide bonds. The molecule has 1 heterocycles. The van der Waals surface area contributed by atoms with Gasteiger partial charge in [0.1, 0.15) is 11.6 Å².